The van der Waals surface area contributed by atoms with Crippen molar-refractivity contribution in [3.05, 3.63) is 0 Å². The van der Waals surface area contributed by atoms with Gasteiger partial charge in [0.05, 0.1) is 6.10 Å². The van der Waals surface area contributed by atoms with Crippen LogP contribution in [0.5, 0.6) is 0 Å². The van der Waals surface area contributed by atoms with E-state index in [0.29, 0.717) is 19.5 Å². The van der Waals surface area contributed by atoms with Gasteiger partial charge in [0.2, 0.25) is 5.91 Å². The van der Waals surface area contributed by atoms with Crippen LogP contribution in [0.3, 0.4) is 0 Å². The van der Waals surface area contributed by atoms with Crippen LogP contribution in [0.15, 0.2) is 0 Å². The molecule has 1 aliphatic heterocycles. The number of β-amino-alcohol motifs (C(OH)–C–C–N with tert-alkyl or cyclic N) is 1. The van der Waals surface area contributed by atoms with Crippen LogP contribution in [0.25, 0.3) is 0 Å². The zero-order valence-corrected chi connectivity index (χ0v) is 10.5. The SMILES string of the molecule is CCC(OC)C(=O)NCC1CNCC1O.Cl. The molecule has 1 heterocycles. The van der Waals surface area contributed by atoms with Crippen molar-refractivity contribution in [2.75, 3.05) is 26.7 Å². The highest BCUT2D eigenvalue weighted by molar-refractivity contribution is 5.85. The Labute approximate surface area is 102 Å². The molecule has 3 N–H and O–H groups in total. The number of ether oxygens (including phenoxy) is 1. The summed E-state index contributed by atoms with van der Waals surface area (Å²) >= 11 is 0. The van der Waals surface area contributed by atoms with Crippen molar-refractivity contribution in [2.45, 2.75) is 25.6 Å². The molecule has 1 fully saturated rings. The standard InChI is InChI=1S/C10H20N2O3.ClH/c1-3-9(15-2)10(14)12-5-7-4-11-6-8(7)13;/h7-9,11,13H,3-6H2,1-2H3,(H,12,14);1H. The Hall–Kier alpha value is -0.360. The third-order valence-corrected chi connectivity index (χ3v) is 2.79. The number of rotatable bonds is 5. The minimum absolute atomic E-state index is 0. The number of aliphatic hydroxyl groups is 1. The predicted molar refractivity (Wildman–Crippen MR) is 63.7 cm³/mol. The van der Waals surface area contributed by atoms with Crippen LogP contribution in [-0.2, 0) is 9.53 Å². The Morgan fingerprint density at radius 3 is 2.75 bits per heavy atom. The molecule has 96 valence electrons. The Kier molecular flexibility index (Phi) is 7.66. The molecule has 1 aliphatic rings. The van der Waals surface area contributed by atoms with Crippen molar-refractivity contribution in [2.24, 2.45) is 5.92 Å². The van der Waals surface area contributed by atoms with E-state index in [9.17, 15) is 9.90 Å². The van der Waals surface area contributed by atoms with Gasteiger partial charge in [0.15, 0.2) is 0 Å². The van der Waals surface area contributed by atoms with Gasteiger partial charge in [-0.2, -0.15) is 0 Å². The average molecular weight is 253 g/mol. The number of hydrogen-bond acceptors (Lipinski definition) is 4. The van der Waals surface area contributed by atoms with Crippen LogP contribution in [0.2, 0.25) is 0 Å². The largest absolute Gasteiger partial charge is 0.391 e. The Balaban J connectivity index is 0.00000225. The lowest BCUT2D eigenvalue weighted by atomic mass is 10.1. The second-order valence-corrected chi connectivity index (χ2v) is 3.86. The zero-order chi connectivity index (χ0) is 11.3. The third kappa shape index (κ3) is 4.25. The monoisotopic (exact) mass is 252 g/mol. The van der Waals surface area contributed by atoms with Gasteiger partial charge in [-0.15, -0.1) is 12.4 Å². The van der Waals surface area contributed by atoms with E-state index in [1.807, 2.05) is 6.92 Å². The number of nitrogens with one attached hydrogen (secondary N) is 2. The Morgan fingerprint density at radius 1 is 1.62 bits per heavy atom. The molecular formula is C10H21ClN2O3. The number of amides is 1. The van der Waals surface area contributed by atoms with E-state index >= 15 is 0 Å². The molecule has 3 atom stereocenters. The van der Waals surface area contributed by atoms with Crippen molar-refractivity contribution in [3.63, 3.8) is 0 Å². The van der Waals surface area contributed by atoms with E-state index in [-0.39, 0.29) is 36.4 Å². The summed E-state index contributed by atoms with van der Waals surface area (Å²) in [7, 11) is 1.53. The third-order valence-electron chi connectivity index (χ3n) is 2.79. The van der Waals surface area contributed by atoms with E-state index in [2.05, 4.69) is 10.6 Å². The van der Waals surface area contributed by atoms with Crippen LogP contribution in [-0.4, -0.2) is 50.0 Å². The summed E-state index contributed by atoms with van der Waals surface area (Å²) in [6.07, 6.45) is -0.0715. The minimum atomic E-state index is -0.378. The summed E-state index contributed by atoms with van der Waals surface area (Å²) in [6, 6.07) is 0. The van der Waals surface area contributed by atoms with E-state index in [1.54, 1.807) is 0 Å². The number of hydrogen-bond donors (Lipinski definition) is 3. The van der Waals surface area contributed by atoms with Gasteiger partial charge in [-0.1, -0.05) is 6.92 Å². The number of halogens is 1. The lowest BCUT2D eigenvalue weighted by molar-refractivity contribution is -0.131. The van der Waals surface area contributed by atoms with Crippen molar-refractivity contribution >= 4 is 18.3 Å². The van der Waals surface area contributed by atoms with E-state index in [0.717, 1.165) is 6.54 Å². The zero-order valence-electron chi connectivity index (χ0n) is 9.73. The molecule has 0 radical (unpaired) electrons. The molecule has 1 saturated heterocycles. The maximum Gasteiger partial charge on any atom is 0.249 e. The highest BCUT2D eigenvalue weighted by atomic mass is 35.5. The normalized spacial score (nSPS) is 25.9. The van der Waals surface area contributed by atoms with Crippen LogP contribution in [0.4, 0.5) is 0 Å². The molecule has 0 aromatic heterocycles. The molecule has 3 unspecified atom stereocenters. The van der Waals surface area contributed by atoms with Crippen LogP contribution in [0, 0.1) is 5.92 Å². The van der Waals surface area contributed by atoms with Gasteiger partial charge in [0.1, 0.15) is 6.10 Å². The van der Waals surface area contributed by atoms with Gasteiger partial charge >= 0.3 is 0 Å². The second-order valence-electron chi connectivity index (χ2n) is 3.86. The lowest BCUT2D eigenvalue weighted by Crippen LogP contribution is -2.40. The fourth-order valence-corrected chi connectivity index (χ4v) is 1.73. The summed E-state index contributed by atoms with van der Waals surface area (Å²) in [5.74, 6) is 0.0161. The number of carbonyl (C=O) groups is 1. The molecule has 0 bridgehead atoms. The van der Waals surface area contributed by atoms with E-state index in [1.165, 1.54) is 7.11 Å². The van der Waals surface area contributed by atoms with Gasteiger partial charge < -0.3 is 20.5 Å². The van der Waals surface area contributed by atoms with Crippen molar-refractivity contribution in [1.29, 1.82) is 0 Å². The van der Waals surface area contributed by atoms with Gasteiger partial charge in [-0.25, -0.2) is 0 Å². The molecule has 1 rings (SSSR count). The maximum absolute atomic E-state index is 11.5. The number of methoxy groups -OCH3 is 1. The van der Waals surface area contributed by atoms with Gasteiger partial charge in [-0.05, 0) is 6.42 Å². The lowest BCUT2D eigenvalue weighted by Gasteiger charge is -2.17. The highest BCUT2D eigenvalue weighted by Gasteiger charge is 2.26. The first kappa shape index (κ1) is 15.6. The van der Waals surface area contributed by atoms with Crippen LogP contribution < -0.4 is 10.6 Å². The molecule has 0 aliphatic carbocycles. The fourth-order valence-electron chi connectivity index (χ4n) is 1.73. The molecule has 16 heavy (non-hydrogen) atoms. The van der Waals surface area contributed by atoms with Crippen molar-refractivity contribution in [1.82, 2.24) is 10.6 Å². The topological polar surface area (TPSA) is 70.6 Å². The van der Waals surface area contributed by atoms with Crippen molar-refractivity contribution in [3.8, 4) is 0 Å². The summed E-state index contributed by atoms with van der Waals surface area (Å²) in [5.41, 5.74) is 0. The summed E-state index contributed by atoms with van der Waals surface area (Å²) in [6.45, 7) is 3.78. The van der Waals surface area contributed by atoms with E-state index in [4.69, 9.17) is 4.74 Å². The molecule has 0 spiro atoms. The summed E-state index contributed by atoms with van der Waals surface area (Å²) < 4.78 is 5.01. The van der Waals surface area contributed by atoms with Gasteiger partial charge in [0.25, 0.3) is 0 Å². The average Bonchev–Trinajstić information content (AvgIpc) is 2.63. The Bertz CT molecular complexity index is 212. The Morgan fingerprint density at radius 2 is 2.31 bits per heavy atom. The molecule has 0 aromatic carbocycles. The van der Waals surface area contributed by atoms with E-state index < -0.39 is 0 Å². The van der Waals surface area contributed by atoms with Gasteiger partial charge in [-0.3, -0.25) is 4.79 Å². The molecule has 0 aromatic rings. The van der Waals surface area contributed by atoms with Gasteiger partial charge in [0, 0.05) is 32.7 Å². The smallest absolute Gasteiger partial charge is 0.249 e. The number of aliphatic hydroxyl groups excluding tert-OH is 1. The first-order valence-corrected chi connectivity index (χ1v) is 5.38. The number of carbonyl (C=O) groups excluding carboxylic acids is 1. The maximum atomic E-state index is 11.5. The molecule has 6 heteroatoms. The quantitative estimate of drug-likeness (QED) is 0.619. The first-order valence-electron chi connectivity index (χ1n) is 5.38. The molecule has 5 nitrogen and oxygen atoms in total. The highest BCUT2D eigenvalue weighted by Crippen LogP contribution is 2.07. The first-order chi connectivity index (χ1) is 7.19. The summed E-state index contributed by atoms with van der Waals surface area (Å²) in [4.78, 5) is 11.5. The minimum Gasteiger partial charge on any atom is -0.391 e. The van der Waals surface area contributed by atoms with Crippen molar-refractivity contribution < 1.29 is 14.6 Å². The van der Waals surface area contributed by atoms with Crippen LogP contribution in [0.1, 0.15) is 13.3 Å². The van der Waals surface area contributed by atoms with Crippen LogP contribution >= 0.6 is 12.4 Å². The molecule has 0 saturated carbocycles. The predicted octanol–water partition coefficient (Wildman–Crippen LogP) is -0.470. The molecule has 1 amide bonds. The second kappa shape index (κ2) is 7.84. The fraction of sp³-hybridized carbons (Fsp3) is 0.900. The molecular weight excluding hydrogens is 232 g/mol. The summed E-state index contributed by atoms with van der Waals surface area (Å²) in [5, 5.41) is 15.4.